The first-order valence-electron chi connectivity index (χ1n) is 8.22. The molecule has 2 aliphatic rings. The monoisotopic (exact) mass is 296 g/mol. The Hall–Kier alpha value is -1.10. The maximum atomic E-state index is 12.0. The van der Waals surface area contributed by atoms with Crippen LogP contribution in [0.5, 0.6) is 0 Å². The Kier molecular flexibility index (Phi) is 5.62. The molecule has 0 heterocycles. The first-order valence-corrected chi connectivity index (χ1v) is 8.22. The summed E-state index contributed by atoms with van der Waals surface area (Å²) in [6.07, 6.45) is 7.99. The average Bonchev–Trinajstić information content (AvgIpc) is 3.23. The maximum absolute atomic E-state index is 12.0. The Morgan fingerprint density at radius 3 is 2.48 bits per heavy atom. The summed E-state index contributed by atoms with van der Waals surface area (Å²) >= 11 is 0. The van der Waals surface area contributed by atoms with Crippen molar-refractivity contribution in [1.29, 1.82) is 0 Å². The van der Waals surface area contributed by atoms with Crippen LogP contribution >= 0.6 is 0 Å². The van der Waals surface area contributed by atoms with E-state index in [1.165, 1.54) is 6.42 Å². The molecule has 1 N–H and O–H groups in total. The number of nitrogens with one attached hydrogen (secondary N) is 1. The fourth-order valence-corrected chi connectivity index (χ4v) is 3.27. The molecule has 0 spiro atoms. The predicted molar refractivity (Wildman–Crippen MR) is 80.9 cm³/mol. The van der Waals surface area contributed by atoms with Crippen molar-refractivity contribution in [2.75, 3.05) is 20.2 Å². The molecule has 5 nitrogen and oxygen atoms in total. The number of carbonyl (C=O) groups is 2. The molecule has 0 aromatic rings. The van der Waals surface area contributed by atoms with Crippen LogP contribution in [-0.2, 0) is 14.3 Å². The van der Waals surface area contributed by atoms with E-state index >= 15 is 0 Å². The van der Waals surface area contributed by atoms with E-state index in [4.69, 9.17) is 4.74 Å². The van der Waals surface area contributed by atoms with Crippen molar-refractivity contribution in [3.63, 3.8) is 0 Å². The number of hydrogen-bond donors (Lipinski definition) is 1. The van der Waals surface area contributed by atoms with Crippen molar-refractivity contribution < 1.29 is 14.3 Å². The van der Waals surface area contributed by atoms with Crippen LogP contribution in [0.15, 0.2) is 0 Å². The third kappa shape index (κ3) is 4.70. The van der Waals surface area contributed by atoms with Crippen LogP contribution in [-0.4, -0.2) is 48.6 Å². The van der Waals surface area contributed by atoms with Gasteiger partial charge in [0.1, 0.15) is 0 Å². The highest BCUT2D eigenvalue weighted by atomic mass is 16.5. The SMILES string of the molecule is CCOC(=O)CC1(N(C)CC(=O)NC2CC2)CCCCC1. The number of nitrogens with zero attached hydrogens (tertiary/aromatic N) is 1. The topological polar surface area (TPSA) is 58.6 Å². The van der Waals surface area contributed by atoms with Crippen LogP contribution in [0.1, 0.15) is 58.3 Å². The Bertz CT molecular complexity index is 374. The fourth-order valence-electron chi connectivity index (χ4n) is 3.27. The molecule has 2 rings (SSSR count). The van der Waals surface area contributed by atoms with E-state index in [0.29, 0.717) is 25.6 Å². The minimum atomic E-state index is -0.203. The number of rotatable bonds is 7. The van der Waals surface area contributed by atoms with Gasteiger partial charge in [-0.15, -0.1) is 0 Å². The lowest BCUT2D eigenvalue weighted by atomic mass is 9.78. The molecule has 0 bridgehead atoms. The smallest absolute Gasteiger partial charge is 0.307 e. The van der Waals surface area contributed by atoms with Crippen LogP contribution in [0.3, 0.4) is 0 Å². The summed E-state index contributed by atoms with van der Waals surface area (Å²) in [6.45, 7) is 2.62. The van der Waals surface area contributed by atoms with Gasteiger partial charge in [-0.1, -0.05) is 19.3 Å². The lowest BCUT2D eigenvalue weighted by Crippen LogP contribution is -2.53. The van der Waals surface area contributed by atoms with Gasteiger partial charge in [-0.2, -0.15) is 0 Å². The molecular formula is C16H28N2O3. The number of amides is 1. The molecule has 0 atom stereocenters. The molecule has 0 aromatic heterocycles. The van der Waals surface area contributed by atoms with E-state index in [0.717, 1.165) is 38.5 Å². The van der Waals surface area contributed by atoms with Crippen LogP contribution in [0, 0.1) is 0 Å². The van der Waals surface area contributed by atoms with Gasteiger partial charge in [0.05, 0.1) is 19.6 Å². The van der Waals surface area contributed by atoms with Gasteiger partial charge in [-0.05, 0) is 39.7 Å². The summed E-state index contributed by atoms with van der Waals surface area (Å²) in [7, 11) is 1.97. The highest BCUT2D eigenvalue weighted by Gasteiger charge is 2.39. The zero-order chi connectivity index (χ0) is 15.3. The van der Waals surface area contributed by atoms with E-state index in [1.807, 2.05) is 14.0 Å². The standard InChI is InChI=1S/C16H28N2O3/c1-3-21-15(20)11-16(9-5-4-6-10-16)18(2)12-14(19)17-13-7-8-13/h13H,3-12H2,1-2H3,(H,17,19). The maximum Gasteiger partial charge on any atom is 0.307 e. The van der Waals surface area contributed by atoms with Gasteiger partial charge in [0, 0.05) is 11.6 Å². The second-order valence-corrected chi connectivity index (χ2v) is 6.46. The summed E-state index contributed by atoms with van der Waals surface area (Å²) < 4.78 is 5.13. The Labute approximate surface area is 127 Å². The van der Waals surface area contributed by atoms with Crippen molar-refractivity contribution in [3.05, 3.63) is 0 Å². The zero-order valence-corrected chi connectivity index (χ0v) is 13.3. The van der Waals surface area contributed by atoms with Gasteiger partial charge in [0.2, 0.25) is 5.91 Å². The van der Waals surface area contributed by atoms with Gasteiger partial charge in [0.25, 0.3) is 0 Å². The van der Waals surface area contributed by atoms with Crippen molar-refractivity contribution in [3.8, 4) is 0 Å². The van der Waals surface area contributed by atoms with Gasteiger partial charge in [-0.25, -0.2) is 0 Å². The molecule has 2 fully saturated rings. The highest BCUT2D eigenvalue weighted by Crippen LogP contribution is 2.36. The number of ether oxygens (including phenoxy) is 1. The van der Waals surface area contributed by atoms with Crippen molar-refractivity contribution in [1.82, 2.24) is 10.2 Å². The molecular weight excluding hydrogens is 268 g/mol. The predicted octanol–water partition coefficient (Wildman–Crippen LogP) is 1.85. The summed E-state index contributed by atoms with van der Waals surface area (Å²) in [4.78, 5) is 26.1. The van der Waals surface area contributed by atoms with Gasteiger partial charge in [0.15, 0.2) is 0 Å². The van der Waals surface area contributed by atoms with Crippen LogP contribution < -0.4 is 5.32 Å². The van der Waals surface area contributed by atoms with E-state index < -0.39 is 0 Å². The minimum Gasteiger partial charge on any atom is -0.466 e. The Balaban J connectivity index is 1.95. The third-order valence-electron chi connectivity index (χ3n) is 4.70. The first kappa shape index (κ1) is 16.3. The summed E-state index contributed by atoms with van der Waals surface area (Å²) in [5.41, 5.74) is -0.203. The summed E-state index contributed by atoms with van der Waals surface area (Å²) in [6, 6.07) is 0.387. The first-order chi connectivity index (χ1) is 10.1. The molecule has 120 valence electrons. The highest BCUT2D eigenvalue weighted by molar-refractivity contribution is 5.79. The van der Waals surface area contributed by atoms with Crippen LogP contribution in [0.2, 0.25) is 0 Å². The quantitative estimate of drug-likeness (QED) is 0.729. The number of hydrogen-bond acceptors (Lipinski definition) is 4. The summed E-state index contributed by atoms with van der Waals surface area (Å²) in [5.74, 6) is -0.0670. The fraction of sp³-hybridized carbons (Fsp3) is 0.875. The van der Waals surface area contributed by atoms with Gasteiger partial charge >= 0.3 is 5.97 Å². The van der Waals surface area contributed by atoms with Crippen molar-refractivity contribution >= 4 is 11.9 Å². The Morgan fingerprint density at radius 1 is 1.24 bits per heavy atom. The molecule has 21 heavy (non-hydrogen) atoms. The molecule has 0 saturated heterocycles. The number of esters is 1. The van der Waals surface area contributed by atoms with E-state index in [2.05, 4.69) is 10.2 Å². The van der Waals surface area contributed by atoms with Gasteiger partial charge in [-0.3, -0.25) is 14.5 Å². The molecule has 0 aromatic carbocycles. The normalized spacial score (nSPS) is 21.1. The number of likely N-dealkylation sites (N-methyl/N-ethyl adjacent to an activating group) is 1. The lowest BCUT2D eigenvalue weighted by Gasteiger charge is -2.44. The molecule has 0 radical (unpaired) electrons. The summed E-state index contributed by atoms with van der Waals surface area (Å²) in [5, 5.41) is 3.02. The molecule has 0 unspecified atom stereocenters. The van der Waals surface area contributed by atoms with Crippen molar-refractivity contribution in [2.24, 2.45) is 0 Å². The molecule has 2 saturated carbocycles. The molecule has 1 amide bonds. The van der Waals surface area contributed by atoms with E-state index in [9.17, 15) is 9.59 Å². The van der Waals surface area contributed by atoms with E-state index in [-0.39, 0.29) is 17.4 Å². The average molecular weight is 296 g/mol. The molecule has 2 aliphatic carbocycles. The zero-order valence-electron chi connectivity index (χ0n) is 13.3. The molecule has 0 aliphatic heterocycles. The van der Waals surface area contributed by atoms with Crippen LogP contribution in [0.25, 0.3) is 0 Å². The second kappa shape index (κ2) is 7.25. The lowest BCUT2D eigenvalue weighted by molar-refractivity contribution is -0.148. The molecule has 5 heteroatoms. The minimum absolute atomic E-state index is 0.0776. The second-order valence-electron chi connectivity index (χ2n) is 6.46. The van der Waals surface area contributed by atoms with Crippen molar-refractivity contribution in [2.45, 2.75) is 69.9 Å². The van der Waals surface area contributed by atoms with Crippen LogP contribution in [0.4, 0.5) is 0 Å². The number of carbonyl (C=O) groups excluding carboxylic acids is 2. The third-order valence-corrected chi connectivity index (χ3v) is 4.70. The Morgan fingerprint density at radius 2 is 1.90 bits per heavy atom. The largest absolute Gasteiger partial charge is 0.466 e. The van der Waals surface area contributed by atoms with Gasteiger partial charge < -0.3 is 10.1 Å². The van der Waals surface area contributed by atoms with E-state index in [1.54, 1.807) is 0 Å².